The van der Waals surface area contributed by atoms with Crippen LogP contribution in [0.25, 0.3) is 0 Å². The Kier molecular flexibility index (Phi) is 4.70. The Morgan fingerprint density at radius 3 is 2.44 bits per heavy atom. The standard InChI is InChI=1S/C21H23N3O/c1-14-10-11-19(15(2)12-14)22-21(25)20-16(3)23-24(17(20)4)13-18-8-6-5-7-9-18/h5-12H,13H2,1-4H3,(H,22,25). The van der Waals surface area contributed by atoms with E-state index in [1.807, 2.05) is 62.7 Å². The van der Waals surface area contributed by atoms with Crippen molar-refractivity contribution in [1.82, 2.24) is 9.78 Å². The topological polar surface area (TPSA) is 46.9 Å². The van der Waals surface area contributed by atoms with Gasteiger partial charge in [0, 0.05) is 11.4 Å². The van der Waals surface area contributed by atoms with Gasteiger partial charge in [0.05, 0.1) is 17.8 Å². The molecule has 0 saturated heterocycles. The maximum Gasteiger partial charge on any atom is 0.259 e. The van der Waals surface area contributed by atoms with E-state index in [0.29, 0.717) is 12.1 Å². The van der Waals surface area contributed by atoms with Crippen molar-refractivity contribution in [2.45, 2.75) is 34.2 Å². The van der Waals surface area contributed by atoms with Gasteiger partial charge in [0.1, 0.15) is 0 Å². The molecule has 1 heterocycles. The molecule has 0 unspecified atom stereocenters. The van der Waals surface area contributed by atoms with E-state index in [1.54, 1.807) is 0 Å². The maximum absolute atomic E-state index is 12.8. The van der Waals surface area contributed by atoms with Gasteiger partial charge in [-0.05, 0) is 44.9 Å². The molecule has 25 heavy (non-hydrogen) atoms. The van der Waals surface area contributed by atoms with E-state index in [2.05, 4.69) is 28.6 Å². The lowest BCUT2D eigenvalue weighted by atomic mass is 10.1. The number of carbonyl (C=O) groups excluding carboxylic acids is 1. The largest absolute Gasteiger partial charge is 0.322 e. The van der Waals surface area contributed by atoms with Crippen molar-refractivity contribution in [2.24, 2.45) is 0 Å². The monoisotopic (exact) mass is 333 g/mol. The highest BCUT2D eigenvalue weighted by Crippen LogP contribution is 2.20. The van der Waals surface area contributed by atoms with Crippen LogP contribution in [0.5, 0.6) is 0 Å². The van der Waals surface area contributed by atoms with E-state index in [1.165, 1.54) is 5.56 Å². The minimum absolute atomic E-state index is 0.110. The number of amides is 1. The van der Waals surface area contributed by atoms with Crippen molar-refractivity contribution in [1.29, 1.82) is 0 Å². The molecule has 0 aliphatic rings. The highest BCUT2D eigenvalue weighted by Gasteiger charge is 2.19. The minimum Gasteiger partial charge on any atom is -0.322 e. The lowest BCUT2D eigenvalue weighted by Crippen LogP contribution is -2.15. The second kappa shape index (κ2) is 6.93. The van der Waals surface area contributed by atoms with Gasteiger partial charge in [0.2, 0.25) is 0 Å². The number of rotatable bonds is 4. The van der Waals surface area contributed by atoms with Gasteiger partial charge in [0.25, 0.3) is 5.91 Å². The number of nitrogens with one attached hydrogen (secondary N) is 1. The number of benzene rings is 2. The minimum atomic E-state index is -0.110. The van der Waals surface area contributed by atoms with Gasteiger partial charge in [-0.25, -0.2) is 0 Å². The molecule has 0 bridgehead atoms. The molecule has 3 rings (SSSR count). The Morgan fingerprint density at radius 1 is 1.04 bits per heavy atom. The average molecular weight is 333 g/mol. The number of nitrogens with zero attached hydrogens (tertiary/aromatic N) is 2. The third kappa shape index (κ3) is 3.63. The second-order valence-electron chi connectivity index (χ2n) is 6.46. The van der Waals surface area contributed by atoms with Crippen LogP contribution in [-0.4, -0.2) is 15.7 Å². The smallest absolute Gasteiger partial charge is 0.259 e. The molecule has 0 aliphatic carbocycles. The molecule has 0 atom stereocenters. The molecule has 4 heteroatoms. The van der Waals surface area contributed by atoms with E-state index in [0.717, 1.165) is 28.2 Å². The number of anilines is 1. The first-order valence-corrected chi connectivity index (χ1v) is 8.42. The molecule has 0 spiro atoms. The Balaban J connectivity index is 1.85. The molecule has 0 aliphatic heterocycles. The first-order valence-electron chi connectivity index (χ1n) is 8.42. The molecule has 0 fully saturated rings. The van der Waals surface area contributed by atoms with Gasteiger partial charge < -0.3 is 5.32 Å². The van der Waals surface area contributed by atoms with Crippen LogP contribution in [0.3, 0.4) is 0 Å². The summed E-state index contributed by atoms with van der Waals surface area (Å²) in [6.45, 7) is 8.53. The summed E-state index contributed by atoms with van der Waals surface area (Å²) in [4.78, 5) is 12.8. The van der Waals surface area contributed by atoms with Gasteiger partial charge in [-0.2, -0.15) is 5.10 Å². The lowest BCUT2D eigenvalue weighted by Gasteiger charge is -2.10. The van der Waals surface area contributed by atoms with Crippen LogP contribution >= 0.6 is 0 Å². The summed E-state index contributed by atoms with van der Waals surface area (Å²) in [5.74, 6) is -0.110. The maximum atomic E-state index is 12.8. The number of carbonyl (C=O) groups is 1. The molecule has 3 aromatic rings. The average Bonchev–Trinajstić information content (AvgIpc) is 2.85. The van der Waals surface area contributed by atoms with Crippen molar-refractivity contribution in [2.75, 3.05) is 5.32 Å². The normalized spacial score (nSPS) is 10.7. The lowest BCUT2D eigenvalue weighted by molar-refractivity contribution is 0.102. The molecule has 1 N–H and O–H groups in total. The van der Waals surface area contributed by atoms with Crippen molar-refractivity contribution in [3.63, 3.8) is 0 Å². The number of hydrogen-bond acceptors (Lipinski definition) is 2. The van der Waals surface area contributed by atoms with Gasteiger partial charge in [-0.1, -0.05) is 48.0 Å². The summed E-state index contributed by atoms with van der Waals surface area (Å²) in [6.07, 6.45) is 0. The van der Waals surface area contributed by atoms with Crippen LogP contribution in [0.2, 0.25) is 0 Å². The van der Waals surface area contributed by atoms with E-state index in [4.69, 9.17) is 0 Å². The third-order valence-electron chi connectivity index (χ3n) is 4.41. The molecule has 0 radical (unpaired) electrons. The summed E-state index contributed by atoms with van der Waals surface area (Å²) >= 11 is 0. The second-order valence-corrected chi connectivity index (χ2v) is 6.46. The summed E-state index contributed by atoms with van der Waals surface area (Å²) in [5, 5.41) is 7.58. The fourth-order valence-corrected chi connectivity index (χ4v) is 3.07. The van der Waals surface area contributed by atoms with E-state index in [-0.39, 0.29) is 5.91 Å². The van der Waals surface area contributed by atoms with Crippen LogP contribution in [0.4, 0.5) is 5.69 Å². The molecule has 4 nitrogen and oxygen atoms in total. The summed E-state index contributed by atoms with van der Waals surface area (Å²) in [6, 6.07) is 16.1. The predicted molar refractivity (Wildman–Crippen MR) is 101 cm³/mol. The summed E-state index contributed by atoms with van der Waals surface area (Å²) in [7, 11) is 0. The van der Waals surface area contributed by atoms with Gasteiger partial charge in [0.15, 0.2) is 0 Å². The quantitative estimate of drug-likeness (QED) is 0.768. The number of hydrogen-bond donors (Lipinski definition) is 1. The third-order valence-corrected chi connectivity index (χ3v) is 4.41. The zero-order chi connectivity index (χ0) is 18.0. The van der Waals surface area contributed by atoms with Gasteiger partial charge >= 0.3 is 0 Å². The highest BCUT2D eigenvalue weighted by atomic mass is 16.1. The zero-order valence-electron chi connectivity index (χ0n) is 15.1. The van der Waals surface area contributed by atoms with Crippen molar-refractivity contribution >= 4 is 11.6 Å². The van der Waals surface area contributed by atoms with Crippen LogP contribution in [0.15, 0.2) is 48.5 Å². The van der Waals surface area contributed by atoms with E-state index in [9.17, 15) is 4.79 Å². The fourth-order valence-electron chi connectivity index (χ4n) is 3.07. The Labute approximate surface area is 148 Å². The van der Waals surface area contributed by atoms with Gasteiger partial charge in [-0.3, -0.25) is 9.48 Å². The van der Waals surface area contributed by atoms with Gasteiger partial charge in [-0.15, -0.1) is 0 Å². The summed E-state index contributed by atoms with van der Waals surface area (Å²) < 4.78 is 1.89. The predicted octanol–water partition coefficient (Wildman–Crippen LogP) is 4.42. The van der Waals surface area contributed by atoms with Crippen LogP contribution < -0.4 is 5.32 Å². The Bertz CT molecular complexity index is 910. The number of aromatic nitrogens is 2. The van der Waals surface area contributed by atoms with Crippen LogP contribution in [0.1, 0.15) is 38.4 Å². The molecule has 1 amide bonds. The first-order chi connectivity index (χ1) is 12.0. The molecule has 1 aromatic heterocycles. The SMILES string of the molecule is Cc1ccc(NC(=O)c2c(C)nn(Cc3ccccc3)c2C)c(C)c1. The first kappa shape index (κ1) is 17.0. The van der Waals surface area contributed by atoms with Crippen molar-refractivity contribution in [3.05, 3.63) is 82.2 Å². The molecule has 0 saturated carbocycles. The van der Waals surface area contributed by atoms with Crippen LogP contribution in [-0.2, 0) is 6.54 Å². The molecule has 2 aromatic carbocycles. The Morgan fingerprint density at radius 2 is 1.76 bits per heavy atom. The van der Waals surface area contributed by atoms with E-state index >= 15 is 0 Å². The zero-order valence-corrected chi connectivity index (χ0v) is 15.1. The Hall–Kier alpha value is -2.88. The van der Waals surface area contributed by atoms with E-state index < -0.39 is 0 Å². The summed E-state index contributed by atoms with van der Waals surface area (Å²) in [5.41, 5.74) is 6.51. The molecular weight excluding hydrogens is 310 g/mol. The number of aryl methyl sites for hydroxylation is 3. The fraction of sp³-hybridized carbons (Fsp3) is 0.238. The molecular formula is C21H23N3O. The van der Waals surface area contributed by atoms with Crippen molar-refractivity contribution in [3.8, 4) is 0 Å². The molecule has 128 valence electrons. The van der Waals surface area contributed by atoms with Crippen LogP contribution in [0, 0.1) is 27.7 Å². The highest BCUT2D eigenvalue weighted by molar-refractivity contribution is 6.06. The van der Waals surface area contributed by atoms with Crippen molar-refractivity contribution < 1.29 is 4.79 Å².